The van der Waals surface area contributed by atoms with Crippen LogP contribution < -0.4 is 5.32 Å². The second kappa shape index (κ2) is 5.00. The van der Waals surface area contributed by atoms with Crippen molar-refractivity contribution in [3.8, 4) is 0 Å². The van der Waals surface area contributed by atoms with E-state index in [1.807, 2.05) is 12.4 Å². The highest BCUT2D eigenvalue weighted by atomic mass is 14.9. The van der Waals surface area contributed by atoms with Gasteiger partial charge in [-0.2, -0.15) is 0 Å². The number of aryl methyl sites for hydroxylation is 2. The molecule has 1 aromatic carbocycles. The molecule has 0 aliphatic heterocycles. The fourth-order valence-electron chi connectivity index (χ4n) is 1.82. The van der Waals surface area contributed by atoms with Crippen molar-refractivity contribution in [1.29, 1.82) is 0 Å². The van der Waals surface area contributed by atoms with Crippen molar-refractivity contribution in [2.75, 3.05) is 5.32 Å². The minimum Gasteiger partial charge on any atom is -0.377 e. The number of nitrogens with zero attached hydrogens (tertiary/aromatic N) is 1. The topological polar surface area (TPSA) is 24.9 Å². The number of aromatic nitrogens is 1. The van der Waals surface area contributed by atoms with Gasteiger partial charge in [0.2, 0.25) is 0 Å². The maximum Gasteiger partial charge on any atom is 0.0534 e. The number of benzene rings is 1. The number of rotatable bonds is 3. The van der Waals surface area contributed by atoms with E-state index in [2.05, 4.69) is 61.4 Å². The van der Waals surface area contributed by atoms with Crippen molar-refractivity contribution in [3.63, 3.8) is 0 Å². The lowest BCUT2D eigenvalue weighted by Gasteiger charge is -2.15. The highest BCUT2D eigenvalue weighted by Gasteiger charge is 2.04. The van der Waals surface area contributed by atoms with E-state index in [9.17, 15) is 0 Å². The van der Waals surface area contributed by atoms with E-state index >= 15 is 0 Å². The van der Waals surface area contributed by atoms with Crippen LogP contribution >= 0.6 is 0 Å². The van der Waals surface area contributed by atoms with Gasteiger partial charge in [-0.05, 0) is 38.0 Å². The van der Waals surface area contributed by atoms with Crippen LogP contribution in [0.5, 0.6) is 0 Å². The Morgan fingerprint density at radius 2 is 1.71 bits per heavy atom. The number of pyridine rings is 1. The zero-order chi connectivity index (χ0) is 12.3. The second-order valence-corrected chi connectivity index (χ2v) is 4.53. The third kappa shape index (κ3) is 3.06. The van der Waals surface area contributed by atoms with Gasteiger partial charge in [0.05, 0.1) is 5.69 Å². The van der Waals surface area contributed by atoms with Crippen LogP contribution in [0.4, 0.5) is 5.69 Å². The molecule has 0 aliphatic rings. The number of nitrogens with one attached hydrogen (secondary N) is 1. The molecule has 0 saturated carbocycles. The van der Waals surface area contributed by atoms with E-state index in [0.29, 0.717) is 6.04 Å². The summed E-state index contributed by atoms with van der Waals surface area (Å²) in [5, 5.41) is 3.46. The van der Waals surface area contributed by atoms with Crippen molar-refractivity contribution < 1.29 is 0 Å². The van der Waals surface area contributed by atoms with Crippen LogP contribution in [0.25, 0.3) is 0 Å². The summed E-state index contributed by atoms with van der Waals surface area (Å²) < 4.78 is 0. The Bertz CT molecular complexity index is 489. The Kier molecular flexibility index (Phi) is 3.43. The largest absolute Gasteiger partial charge is 0.377 e. The fourth-order valence-corrected chi connectivity index (χ4v) is 1.82. The number of anilines is 1. The van der Waals surface area contributed by atoms with E-state index in [4.69, 9.17) is 0 Å². The lowest BCUT2D eigenvalue weighted by atomic mass is 10.1. The first-order valence-electron chi connectivity index (χ1n) is 5.90. The summed E-state index contributed by atoms with van der Waals surface area (Å²) in [7, 11) is 0. The quantitative estimate of drug-likeness (QED) is 0.859. The summed E-state index contributed by atoms with van der Waals surface area (Å²) in [6, 6.07) is 11.0. The predicted octanol–water partition coefficient (Wildman–Crippen LogP) is 3.87. The Hall–Kier alpha value is -1.83. The average Bonchev–Trinajstić information content (AvgIpc) is 2.29. The first kappa shape index (κ1) is 11.6. The highest BCUT2D eigenvalue weighted by molar-refractivity contribution is 5.45. The minimum absolute atomic E-state index is 0.291. The molecular formula is C15H18N2. The summed E-state index contributed by atoms with van der Waals surface area (Å²) in [5.41, 5.74) is 4.82. The van der Waals surface area contributed by atoms with E-state index < -0.39 is 0 Å². The van der Waals surface area contributed by atoms with Crippen molar-refractivity contribution >= 4 is 5.69 Å². The van der Waals surface area contributed by atoms with Crippen molar-refractivity contribution in [1.82, 2.24) is 4.98 Å². The van der Waals surface area contributed by atoms with Gasteiger partial charge in [0, 0.05) is 18.4 Å². The van der Waals surface area contributed by atoms with Gasteiger partial charge in [-0.25, -0.2) is 0 Å². The summed E-state index contributed by atoms with van der Waals surface area (Å²) in [6.45, 7) is 6.31. The van der Waals surface area contributed by atoms with Crippen LogP contribution in [0.2, 0.25) is 0 Å². The number of hydrogen-bond acceptors (Lipinski definition) is 2. The highest BCUT2D eigenvalue weighted by Crippen LogP contribution is 2.19. The van der Waals surface area contributed by atoms with E-state index in [1.54, 1.807) is 0 Å². The Labute approximate surface area is 103 Å². The lowest BCUT2D eigenvalue weighted by molar-refractivity contribution is 0.881. The summed E-state index contributed by atoms with van der Waals surface area (Å²) in [5.74, 6) is 0. The maximum absolute atomic E-state index is 4.18. The maximum atomic E-state index is 4.18. The van der Waals surface area contributed by atoms with Gasteiger partial charge in [0.25, 0.3) is 0 Å². The lowest BCUT2D eigenvalue weighted by Crippen LogP contribution is -2.06. The Morgan fingerprint density at radius 1 is 1.00 bits per heavy atom. The molecule has 0 spiro atoms. The summed E-state index contributed by atoms with van der Waals surface area (Å²) in [6.07, 6.45) is 3.72. The molecule has 2 aromatic rings. The molecule has 0 aliphatic carbocycles. The summed E-state index contributed by atoms with van der Waals surface area (Å²) in [4.78, 5) is 4.18. The van der Waals surface area contributed by atoms with Crippen LogP contribution in [0.3, 0.4) is 0 Å². The van der Waals surface area contributed by atoms with Gasteiger partial charge in [-0.15, -0.1) is 0 Å². The third-order valence-corrected chi connectivity index (χ3v) is 2.84. The molecule has 88 valence electrons. The zero-order valence-electron chi connectivity index (χ0n) is 10.6. The molecule has 0 saturated heterocycles. The molecule has 0 amide bonds. The molecule has 2 nitrogen and oxygen atoms in total. The first-order valence-corrected chi connectivity index (χ1v) is 5.90. The predicted molar refractivity (Wildman–Crippen MR) is 72.2 cm³/mol. The van der Waals surface area contributed by atoms with Gasteiger partial charge < -0.3 is 5.32 Å². The van der Waals surface area contributed by atoms with E-state index in [0.717, 1.165) is 5.69 Å². The van der Waals surface area contributed by atoms with Crippen molar-refractivity contribution in [2.45, 2.75) is 26.8 Å². The molecule has 2 rings (SSSR count). The van der Waals surface area contributed by atoms with Gasteiger partial charge >= 0.3 is 0 Å². The first-order chi connectivity index (χ1) is 8.15. The van der Waals surface area contributed by atoms with Crippen molar-refractivity contribution in [2.24, 2.45) is 0 Å². The molecule has 1 aromatic heterocycles. The van der Waals surface area contributed by atoms with Crippen molar-refractivity contribution in [3.05, 3.63) is 59.4 Å². The molecule has 1 atom stereocenters. The molecule has 0 radical (unpaired) electrons. The van der Waals surface area contributed by atoms with Gasteiger partial charge in [0.1, 0.15) is 0 Å². The fraction of sp³-hybridized carbons (Fsp3) is 0.267. The smallest absolute Gasteiger partial charge is 0.0534 e. The third-order valence-electron chi connectivity index (χ3n) is 2.84. The molecule has 1 N–H and O–H groups in total. The van der Waals surface area contributed by atoms with Crippen LogP contribution in [-0.2, 0) is 0 Å². The monoisotopic (exact) mass is 226 g/mol. The molecule has 1 heterocycles. The Morgan fingerprint density at radius 3 is 2.35 bits per heavy atom. The summed E-state index contributed by atoms with van der Waals surface area (Å²) >= 11 is 0. The van der Waals surface area contributed by atoms with Gasteiger partial charge in [-0.3, -0.25) is 4.98 Å². The van der Waals surface area contributed by atoms with Crippen LogP contribution in [0.15, 0.2) is 42.7 Å². The Balaban J connectivity index is 2.11. The minimum atomic E-state index is 0.291. The van der Waals surface area contributed by atoms with Crippen LogP contribution in [-0.4, -0.2) is 4.98 Å². The average molecular weight is 226 g/mol. The molecule has 1 unspecified atom stereocenters. The number of hydrogen-bond donors (Lipinski definition) is 1. The SMILES string of the molecule is Cc1ccc(C(C)Nc2cncc(C)c2)cc1. The molecule has 17 heavy (non-hydrogen) atoms. The second-order valence-electron chi connectivity index (χ2n) is 4.53. The molecule has 0 fully saturated rings. The van der Waals surface area contributed by atoms with Crippen LogP contribution in [0.1, 0.15) is 29.7 Å². The molecule has 0 bridgehead atoms. The molecular weight excluding hydrogens is 208 g/mol. The standard InChI is InChI=1S/C15H18N2/c1-11-4-6-14(7-5-11)13(3)17-15-8-12(2)9-16-10-15/h4-10,13,17H,1-3H3. The van der Waals surface area contributed by atoms with Gasteiger partial charge in [-0.1, -0.05) is 29.8 Å². The van der Waals surface area contributed by atoms with E-state index in [-0.39, 0.29) is 0 Å². The van der Waals surface area contributed by atoms with Gasteiger partial charge in [0.15, 0.2) is 0 Å². The van der Waals surface area contributed by atoms with E-state index in [1.165, 1.54) is 16.7 Å². The molecule has 2 heteroatoms. The van der Waals surface area contributed by atoms with Crippen LogP contribution in [0, 0.1) is 13.8 Å². The zero-order valence-corrected chi connectivity index (χ0v) is 10.6. The normalized spacial score (nSPS) is 12.2.